The third-order valence-electron chi connectivity index (χ3n) is 20.1. The normalized spacial score (nSPS) is 29.7. The number of carbonyl (C=O) groups excluding carboxylic acids is 4. The molecule has 0 bridgehead atoms. The van der Waals surface area contributed by atoms with Crippen LogP contribution < -0.4 is 5.32 Å². The van der Waals surface area contributed by atoms with E-state index in [9.17, 15) is 93.5 Å². The summed E-state index contributed by atoms with van der Waals surface area (Å²) < 4.78 is 130. The molecule has 0 aromatic carbocycles. The Morgan fingerprint density at radius 3 is 1.05 bits per heavy atom. The zero-order valence-electron chi connectivity index (χ0n) is 64.7. The second-order valence-electron chi connectivity index (χ2n) is 29.6. The molecule has 648 valence electrons. The van der Waals surface area contributed by atoms with Crippen LogP contribution in [0.3, 0.4) is 0 Å². The van der Waals surface area contributed by atoms with Gasteiger partial charge in [0.2, 0.25) is 23.6 Å². The Kier molecular flexibility index (Phi) is 43.6. The minimum absolute atomic E-state index is 0.0207. The number of phosphoric acid groups is 3. The van der Waals surface area contributed by atoms with Crippen molar-refractivity contribution in [3.8, 4) is 0 Å². The molecule has 0 aromatic heterocycles. The zero-order chi connectivity index (χ0) is 81.3. The van der Waals surface area contributed by atoms with E-state index in [0.29, 0.717) is 90.4 Å². The van der Waals surface area contributed by atoms with E-state index in [1.165, 1.54) is 6.92 Å². The smallest absolute Gasteiger partial charge is 0.394 e. The highest BCUT2D eigenvalue weighted by Gasteiger charge is 2.47. The molecule has 6 aliphatic heterocycles. The number of carbonyl (C=O) groups is 4. The fraction of sp³-hybridized carbons (Fsp3) is 0.942. The molecular formula is C69H127N4O35P3. The Morgan fingerprint density at radius 2 is 0.739 bits per heavy atom. The van der Waals surface area contributed by atoms with Crippen LogP contribution in [0, 0.1) is 17.3 Å². The Bertz CT molecular complexity index is 2710. The molecule has 0 aromatic rings. The summed E-state index contributed by atoms with van der Waals surface area (Å²) >= 11 is 0. The molecule has 4 amide bonds. The maximum absolute atomic E-state index is 13.1. The van der Waals surface area contributed by atoms with E-state index in [2.05, 4.69) is 5.32 Å². The van der Waals surface area contributed by atoms with Crippen molar-refractivity contribution >= 4 is 47.1 Å². The highest BCUT2D eigenvalue weighted by atomic mass is 31.2. The van der Waals surface area contributed by atoms with Gasteiger partial charge < -0.3 is 128 Å². The number of amides is 4. The summed E-state index contributed by atoms with van der Waals surface area (Å²) in [5, 5.41) is 92.6. The molecule has 0 saturated carbocycles. The number of ether oxygens (including phenoxy) is 10. The molecule has 6 saturated heterocycles. The second-order valence-corrected chi connectivity index (χ2v) is 33.8. The molecule has 0 aliphatic carbocycles. The van der Waals surface area contributed by atoms with Gasteiger partial charge in [-0.25, -0.2) is 13.7 Å². The monoisotopic (exact) mass is 1660 g/mol. The third-order valence-corrected chi connectivity index (χ3v) is 23.3. The van der Waals surface area contributed by atoms with E-state index in [1.54, 1.807) is 28.5 Å². The van der Waals surface area contributed by atoms with Gasteiger partial charge in [-0.05, 0) is 110 Å². The first-order chi connectivity index (χ1) is 52.8. The SMILES string of the molecule is CC(=O)N[C@H]1C(O)[C@@H](O)C(CO)O[C@H]1OCCCCC(=O)N1CCC(OP(=O)(O)OCCCOCC(COCCCOP(=O)(O)OC2CCN(C(=O)CCCCO[C@@H]3OC(CO)[C@H](O)C(O)[C@@H]3C)CC2)(COCCCOP(=O)(O)OC2CCN(C(=O)CCCCO[C@@H]3OC(CO)[C@H](O)C(O)[C@@H]3C)CC2)COC(C)C)CC1. The van der Waals surface area contributed by atoms with Gasteiger partial charge in [-0.1, -0.05) is 13.8 Å². The highest BCUT2D eigenvalue weighted by molar-refractivity contribution is 7.48. The number of likely N-dealkylation sites (tertiary alicyclic amines) is 3. The van der Waals surface area contributed by atoms with Crippen molar-refractivity contribution in [2.75, 3.05) is 145 Å². The second kappa shape index (κ2) is 49.7. The molecule has 0 spiro atoms. The van der Waals surface area contributed by atoms with Crippen LogP contribution in [-0.4, -0.2) is 348 Å². The molecule has 42 heteroatoms. The largest absolute Gasteiger partial charge is 0.472 e. The minimum Gasteiger partial charge on any atom is -0.394 e. The summed E-state index contributed by atoms with van der Waals surface area (Å²) in [5.41, 5.74) is -1.02. The summed E-state index contributed by atoms with van der Waals surface area (Å²) in [7, 11) is -13.7. The first-order valence-electron chi connectivity index (χ1n) is 38.9. The molecule has 111 heavy (non-hydrogen) atoms. The lowest BCUT2D eigenvalue weighted by atomic mass is 9.92. The number of aliphatic hydroxyl groups is 9. The van der Waals surface area contributed by atoms with Crippen LogP contribution in [0.2, 0.25) is 0 Å². The lowest BCUT2D eigenvalue weighted by Crippen LogP contribution is -2.64. The lowest BCUT2D eigenvalue weighted by molar-refractivity contribution is -0.282. The van der Waals surface area contributed by atoms with E-state index >= 15 is 0 Å². The molecule has 13 N–H and O–H groups in total. The van der Waals surface area contributed by atoms with Crippen LogP contribution >= 0.6 is 23.5 Å². The van der Waals surface area contributed by atoms with Crippen LogP contribution in [0.5, 0.6) is 0 Å². The van der Waals surface area contributed by atoms with Crippen molar-refractivity contribution in [2.24, 2.45) is 17.3 Å². The van der Waals surface area contributed by atoms with Crippen molar-refractivity contribution in [3.63, 3.8) is 0 Å². The number of aliphatic hydroxyl groups excluding tert-OH is 9. The number of phosphoric ester groups is 3. The van der Waals surface area contributed by atoms with Crippen molar-refractivity contribution < 1.29 is 168 Å². The Hall–Kier alpha value is -2.55. The number of rotatable bonds is 52. The van der Waals surface area contributed by atoms with E-state index in [-0.39, 0.29) is 174 Å². The molecule has 6 fully saturated rings. The van der Waals surface area contributed by atoms with E-state index < -0.39 is 165 Å². The fourth-order valence-electron chi connectivity index (χ4n) is 13.4. The molecule has 39 nitrogen and oxygen atoms in total. The number of nitrogens with zero attached hydrogens (tertiary/aromatic N) is 3. The van der Waals surface area contributed by atoms with Crippen molar-refractivity contribution in [1.82, 2.24) is 20.0 Å². The van der Waals surface area contributed by atoms with E-state index in [0.717, 1.165) is 0 Å². The van der Waals surface area contributed by atoms with Gasteiger partial charge in [0.05, 0.1) is 108 Å². The first kappa shape index (κ1) is 97.3. The van der Waals surface area contributed by atoms with Gasteiger partial charge in [-0.15, -0.1) is 0 Å². The Balaban J connectivity index is 0.905. The number of hydrogen-bond acceptors (Lipinski definition) is 32. The summed E-state index contributed by atoms with van der Waals surface area (Å²) in [6.07, 6.45) is -10.3. The van der Waals surface area contributed by atoms with E-state index in [1.807, 2.05) is 13.8 Å². The minimum atomic E-state index is -4.57. The number of unbranched alkanes of at least 4 members (excludes halogenated alkanes) is 3. The molecule has 6 heterocycles. The predicted molar refractivity (Wildman–Crippen MR) is 388 cm³/mol. The molecule has 9 unspecified atom stereocenters. The molecule has 0 radical (unpaired) electrons. The van der Waals surface area contributed by atoms with Crippen molar-refractivity contribution in [2.45, 2.75) is 254 Å². The topological polar surface area (TPSA) is 532 Å². The standard InChI is InChI=1S/C69H127N4O35P3/c1-46(2)99-45-69(42-93-30-12-36-100-109(87,88)106-50-18-24-71(25-19-50)56(78)15-6-9-33-96-66-47(3)60(81)62(83)53(39-74)103-66,43-94-31-13-37-101-110(89,90)107-51-20-26-72(27-21-51)57(79)16-7-10-34-97-67-48(4)61(82)63(84)54(40-75)104-67)44-95-32-14-38-102-111(91,92)108-52-22-28-73(29-23-52)58(80)17-8-11-35-98-68-59(70-49(5)77)65(86)64(85)55(41-76)105-68/h46-48,50-55,59-68,74-76,81-86H,6-45H2,1-5H3,(H,70,77)(H,87,88)(H,89,90)(H,91,92)/t47-,48-,53?,54?,55?,59-,60?,61?,62-,63-,64-,65?,66+,67+,68+,69?/m0/s1. The lowest BCUT2D eigenvalue weighted by Gasteiger charge is -2.42. The van der Waals surface area contributed by atoms with Gasteiger partial charge in [-0.3, -0.25) is 46.3 Å². The van der Waals surface area contributed by atoms with Crippen LogP contribution in [0.15, 0.2) is 0 Å². The zero-order valence-corrected chi connectivity index (χ0v) is 67.4. The predicted octanol–water partition coefficient (Wildman–Crippen LogP) is 0.646. The first-order valence-corrected chi connectivity index (χ1v) is 43.4. The quantitative estimate of drug-likeness (QED) is 0.0294. The maximum atomic E-state index is 13.1. The van der Waals surface area contributed by atoms with Gasteiger partial charge in [0.1, 0.15) is 48.8 Å². The average molecular weight is 1670 g/mol. The highest BCUT2D eigenvalue weighted by Crippen LogP contribution is 2.48. The van der Waals surface area contributed by atoms with E-state index in [4.69, 9.17) is 74.5 Å². The third kappa shape index (κ3) is 34.0. The number of hydrogen-bond donors (Lipinski definition) is 13. The van der Waals surface area contributed by atoms with Crippen molar-refractivity contribution in [1.29, 1.82) is 0 Å². The summed E-state index contributed by atoms with van der Waals surface area (Å²) in [5.74, 6) is -1.92. The molecule has 6 rings (SSSR count). The molecular weight excluding hydrogens is 1540 g/mol. The Morgan fingerprint density at radius 1 is 0.432 bits per heavy atom. The summed E-state index contributed by atoms with van der Waals surface area (Å²) in [6, 6.07) is -1.09. The average Bonchev–Trinajstić information content (AvgIpc) is 0.809. The van der Waals surface area contributed by atoms with Crippen LogP contribution in [0.4, 0.5) is 0 Å². The number of nitrogens with one attached hydrogen (secondary N) is 1. The van der Waals surface area contributed by atoms with Crippen LogP contribution in [0.1, 0.15) is 150 Å². The molecule has 6 aliphatic rings. The van der Waals surface area contributed by atoms with Gasteiger partial charge in [0, 0.05) is 117 Å². The fourth-order valence-corrected chi connectivity index (χ4v) is 16.4. The van der Waals surface area contributed by atoms with Gasteiger partial charge in [0.15, 0.2) is 18.9 Å². The number of piperidine rings is 3. The maximum Gasteiger partial charge on any atom is 0.472 e. The van der Waals surface area contributed by atoms with Gasteiger partial charge in [-0.2, -0.15) is 0 Å². The Labute approximate surface area is 649 Å². The van der Waals surface area contributed by atoms with Gasteiger partial charge in [0.25, 0.3) is 0 Å². The van der Waals surface area contributed by atoms with Crippen LogP contribution in [-0.2, 0) is 107 Å². The summed E-state index contributed by atoms with van der Waals surface area (Å²) in [4.78, 5) is 87.9. The van der Waals surface area contributed by atoms with Gasteiger partial charge >= 0.3 is 23.5 Å². The molecule has 18 atom stereocenters. The summed E-state index contributed by atoms with van der Waals surface area (Å²) in [6.45, 7) is 8.19. The van der Waals surface area contributed by atoms with Crippen LogP contribution in [0.25, 0.3) is 0 Å². The van der Waals surface area contributed by atoms with Crippen molar-refractivity contribution in [3.05, 3.63) is 0 Å².